The fraction of sp³-hybridized carbons (Fsp3) is 0.154. The molecule has 3 aromatic rings. The minimum absolute atomic E-state index is 0.121. The van der Waals surface area contributed by atoms with Gasteiger partial charge in [0.15, 0.2) is 15.8 Å². The molecule has 1 aliphatic heterocycles. The zero-order chi connectivity index (χ0) is 22.5. The summed E-state index contributed by atoms with van der Waals surface area (Å²) in [5.41, 5.74) is 3.92. The average Bonchev–Trinajstić information content (AvgIpc) is 3.07. The molecule has 4 rings (SSSR count). The van der Waals surface area contributed by atoms with Gasteiger partial charge < -0.3 is 9.47 Å². The van der Waals surface area contributed by atoms with Gasteiger partial charge in [-0.2, -0.15) is 0 Å². The second-order valence-corrected chi connectivity index (χ2v) is 8.95. The van der Waals surface area contributed by atoms with Crippen molar-refractivity contribution in [2.45, 2.75) is 20.5 Å². The second kappa shape index (κ2) is 10.0. The molecule has 0 aliphatic carbocycles. The lowest BCUT2D eigenvalue weighted by Crippen LogP contribution is -2.27. The summed E-state index contributed by atoms with van der Waals surface area (Å²) in [5.74, 6) is 1.19. The first-order valence-electron chi connectivity index (χ1n) is 10.3. The molecule has 3 aromatic carbocycles. The molecule has 0 unspecified atom stereocenters. The monoisotopic (exact) mass is 461 g/mol. The molecule has 162 valence electrons. The second-order valence-electron chi connectivity index (χ2n) is 7.27. The molecule has 1 fully saturated rings. The Morgan fingerprint density at radius 2 is 1.78 bits per heavy atom. The van der Waals surface area contributed by atoms with Gasteiger partial charge in [-0.1, -0.05) is 78.1 Å². The summed E-state index contributed by atoms with van der Waals surface area (Å²) in [7, 11) is 0. The first kappa shape index (κ1) is 22.1. The van der Waals surface area contributed by atoms with E-state index in [1.54, 1.807) is 4.90 Å². The van der Waals surface area contributed by atoms with Crippen molar-refractivity contribution in [2.75, 3.05) is 11.5 Å². The third-order valence-electron chi connectivity index (χ3n) is 4.85. The molecular formula is C26H23NO3S2. The van der Waals surface area contributed by atoms with Crippen molar-refractivity contribution in [3.63, 3.8) is 0 Å². The number of rotatable bonds is 7. The number of anilines is 1. The Hall–Kier alpha value is -3.09. The van der Waals surface area contributed by atoms with Gasteiger partial charge in [0.25, 0.3) is 5.91 Å². The molecule has 0 saturated carbocycles. The lowest BCUT2D eigenvalue weighted by Gasteiger charge is -2.14. The summed E-state index contributed by atoms with van der Waals surface area (Å²) in [6, 6.07) is 23.4. The van der Waals surface area contributed by atoms with Crippen molar-refractivity contribution < 1.29 is 14.3 Å². The normalized spacial score (nSPS) is 14.8. The molecule has 32 heavy (non-hydrogen) atoms. The van der Waals surface area contributed by atoms with Crippen LogP contribution in [0.2, 0.25) is 0 Å². The van der Waals surface area contributed by atoms with Crippen LogP contribution in [0.25, 0.3) is 6.08 Å². The lowest BCUT2D eigenvalue weighted by atomic mass is 10.1. The van der Waals surface area contributed by atoms with Crippen LogP contribution < -0.4 is 14.4 Å². The zero-order valence-electron chi connectivity index (χ0n) is 17.9. The summed E-state index contributed by atoms with van der Waals surface area (Å²) in [6.07, 6.45) is 1.84. The van der Waals surface area contributed by atoms with E-state index in [1.165, 1.54) is 17.3 Å². The van der Waals surface area contributed by atoms with E-state index in [4.69, 9.17) is 21.7 Å². The van der Waals surface area contributed by atoms with Crippen molar-refractivity contribution in [1.29, 1.82) is 0 Å². The van der Waals surface area contributed by atoms with Gasteiger partial charge in [0, 0.05) is 0 Å². The van der Waals surface area contributed by atoms with Crippen LogP contribution in [0.4, 0.5) is 5.69 Å². The number of carbonyl (C=O) groups excluding carboxylic acids is 1. The van der Waals surface area contributed by atoms with Crippen molar-refractivity contribution in [3.05, 3.63) is 94.4 Å². The molecule has 0 aromatic heterocycles. The van der Waals surface area contributed by atoms with Gasteiger partial charge in [-0.25, -0.2) is 0 Å². The number of carbonyl (C=O) groups is 1. The molecule has 0 bridgehead atoms. The van der Waals surface area contributed by atoms with E-state index < -0.39 is 0 Å². The molecule has 0 N–H and O–H groups in total. The maximum Gasteiger partial charge on any atom is 0.270 e. The molecule has 1 saturated heterocycles. The standard InChI is InChI=1S/C26H23NO3S2/c1-3-29-23-15-19(12-13-22(23)30-17-20-9-7-8-18(2)14-20)16-24-25(28)27(26(31)32-24)21-10-5-4-6-11-21/h4-16H,3,17H2,1-2H3/b24-16-. The van der Waals surface area contributed by atoms with E-state index in [-0.39, 0.29) is 5.91 Å². The number of benzene rings is 3. The summed E-state index contributed by atoms with van der Waals surface area (Å²) in [6.45, 7) is 4.96. The average molecular weight is 462 g/mol. The summed E-state index contributed by atoms with van der Waals surface area (Å²) < 4.78 is 12.4. The quantitative estimate of drug-likeness (QED) is 0.302. The highest BCUT2D eigenvalue weighted by atomic mass is 32.2. The fourth-order valence-electron chi connectivity index (χ4n) is 3.38. The highest BCUT2D eigenvalue weighted by Gasteiger charge is 2.33. The van der Waals surface area contributed by atoms with E-state index in [0.29, 0.717) is 33.9 Å². The summed E-state index contributed by atoms with van der Waals surface area (Å²) >= 11 is 6.75. The molecule has 1 heterocycles. The highest BCUT2D eigenvalue weighted by molar-refractivity contribution is 8.27. The van der Waals surface area contributed by atoms with Crippen molar-refractivity contribution in [3.8, 4) is 11.5 Å². The number of ether oxygens (including phenoxy) is 2. The Labute approximate surface area is 197 Å². The van der Waals surface area contributed by atoms with Crippen LogP contribution >= 0.6 is 24.0 Å². The van der Waals surface area contributed by atoms with Crippen LogP contribution in [-0.4, -0.2) is 16.8 Å². The van der Waals surface area contributed by atoms with E-state index in [2.05, 4.69) is 19.1 Å². The van der Waals surface area contributed by atoms with Gasteiger partial charge in [0.1, 0.15) is 6.61 Å². The van der Waals surface area contributed by atoms with E-state index >= 15 is 0 Å². The Morgan fingerprint density at radius 3 is 2.53 bits per heavy atom. The number of para-hydroxylation sites is 1. The van der Waals surface area contributed by atoms with Crippen LogP contribution in [0, 0.1) is 6.92 Å². The molecule has 4 nitrogen and oxygen atoms in total. The van der Waals surface area contributed by atoms with Gasteiger partial charge in [-0.3, -0.25) is 9.69 Å². The van der Waals surface area contributed by atoms with Gasteiger partial charge in [-0.15, -0.1) is 0 Å². The fourth-order valence-corrected chi connectivity index (χ4v) is 4.68. The first-order chi connectivity index (χ1) is 15.5. The lowest BCUT2D eigenvalue weighted by molar-refractivity contribution is -0.113. The van der Waals surface area contributed by atoms with Gasteiger partial charge in [-0.05, 0) is 55.3 Å². The van der Waals surface area contributed by atoms with E-state index in [9.17, 15) is 4.79 Å². The van der Waals surface area contributed by atoms with Gasteiger partial charge >= 0.3 is 0 Å². The Bertz CT molecular complexity index is 1170. The van der Waals surface area contributed by atoms with E-state index in [1.807, 2.05) is 73.7 Å². The van der Waals surface area contributed by atoms with Crippen LogP contribution in [0.5, 0.6) is 11.5 Å². The number of nitrogens with zero attached hydrogens (tertiary/aromatic N) is 1. The Kier molecular flexibility index (Phi) is 6.93. The van der Waals surface area contributed by atoms with Crippen molar-refractivity contribution >= 4 is 46.0 Å². The predicted octanol–water partition coefficient (Wildman–Crippen LogP) is 6.38. The van der Waals surface area contributed by atoms with Crippen LogP contribution in [-0.2, 0) is 11.4 Å². The Morgan fingerprint density at radius 1 is 0.969 bits per heavy atom. The van der Waals surface area contributed by atoms with Crippen molar-refractivity contribution in [1.82, 2.24) is 0 Å². The molecule has 0 radical (unpaired) electrons. The van der Waals surface area contributed by atoms with Crippen LogP contribution in [0.15, 0.2) is 77.7 Å². The molecule has 1 amide bonds. The number of hydrogen-bond donors (Lipinski definition) is 0. The maximum atomic E-state index is 13.0. The smallest absolute Gasteiger partial charge is 0.270 e. The number of thiocarbonyl (C=S) groups is 1. The Balaban J connectivity index is 1.55. The predicted molar refractivity (Wildman–Crippen MR) is 135 cm³/mol. The van der Waals surface area contributed by atoms with Gasteiger partial charge in [0.05, 0.1) is 17.2 Å². The molecular weight excluding hydrogens is 438 g/mol. The maximum absolute atomic E-state index is 13.0. The minimum Gasteiger partial charge on any atom is -0.490 e. The number of thioether (sulfide) groups is 1. The number of amides is 1. The number of aryl methyl sites for hydroxylation is 1. The van der Waals surface area contributed by atoms with E-state index in [0.717, 1.165) is 16.8 Å². The van der Waals surface area contributed by atoms with Crippen molar-refractivity contribution in [2.24, 2.45) is 0 Å². The summed E-state index contributed by atoms with van der Waals surface area (Å²) in [5, 5.41) is 0. The first-order valence-corrected chi connectivity index (χ1v) is 11.6. The topological polar surface area (TPSA) is 38.8 Å². The van der Waals surface area contributed by atoms with Crippen LogP contribution in [0.1, 0.15) is 23.6 Å². The number of hydrogen-bond acceptors (Lipinski definition) is 5. The zero-order valence-corrected chi connectivity index (χ0v) is 19.5. The third-order valence-corrected chi connectivity index (χ3v) is 6.15. The minimum atomic E-state index is -0.121. The summed E-state index contributed by atoms with van der Waals surface area (Å²) in [4.78, 5) is 15.1. The van der Waals surface area contributed by atoms with Gasteiger partial charge in [0.2, 0.25) is 0 Å². The SMILES string of the molecule is CCOc1cc(/C=C2\SC(=S)N(c3ccccc3)C2=O)ccc1OCc1cccc(C)c1. The van der Waals surface area contributed by atoms with Crippen LogP contribution in [0.3, 0.4) is 0 Å². The molecule has 0 atom stereocenters. The largest absolute Gasteiger partial charge is 0.490 e. The molecule has 1 aliphatic rings. The highest BCUT2D eigenvalue weighted by Crippen LogP contribution is 2.37. The molecule has 0 spiro atoms. The molecule has 6 heteroatoms. The third kappa shape index (κ3) is 5.03.